The van der Waals surface area contributed by atoms with Crippen molar-refractivity contribution >= 4 is 27.4 Å². The molecule has 0 bridgehead atoms. The molecule has 146 valence electrons. The van der Waals surface area contributed by atoms with Crippen LogP contribution in [0.3, 0.4) is 0 Å². The van der Waals surface area contributed by atoms with Crippen LogP contribution >= 0.6 is 0 Å². The fourth-order valence-electron chi connectivity index (χ4n) is 2.76. The molecule has 0 unspecified atom stereocenters. The smallest absolute Gasteiger partial charge is 0.261 e. The zero-order valence-corrected chi connectivity index (χ0v) is 16.6. The summed E-state index contributed by atoms with van der Waals surface area (Å²) in [4.78, 5) is 12.3. The lowest BCUT2D eigenvalue weighted by Gasteiger charge is -2.14. The minimum Gasteiger partial charge on any atom is -0.360 e. The predicted molar refractivity (Wildman–Crippen MR) is 107 cm³/mol. The maximum Gasteiger partial charge on any atom is 0.261 e. The Morgan fingerprint density at radius 2 is 1.82 bits per heavy atom. The fraction of sp³-hybridized carbons (Fsp3) is 0.200. The molecule has 7 nitrogen and oxygen atoms in total. The molecule has 0 fully saturated rings. The number of carbonyl (C=O) groups excluding carboxylic acids is 1. The van der Waals surface area contributed by atoms with E-state index in [0.29, 0.717) is 29.2 Å². The first-order valence-corrected chi connectivity index (χ1v) is 10.2. The van der Waals surface area contributed by atoms with Gasteiger partial charge in [0.25, 0.3) is 15.9 Å². The van der Waals surface area contributed by atoms with Gasteiger partial charge in [-0.1, -0.05) is 30.3 Å². The number of nitrogens with zero attached hydrogens (tertiary/aromatic N) is 1. The van der Waals surface area contributed by atoms with Crippen LogP contribution in [0.25, 0.3) is 0 Å². The first-order chi connectivity index (χ1) is 13.3. The van der Waals surface area contributed by atoms with Crippen LogP contribution in [-0.2, 0) is 16.4 Å². The van der Waals surface area contributed by atoms with Gasteiger partial charge in [0.2, 0.25) is 0 Å². The number of aromatic nitrogens is 1. The second kappa shape index (κ2) is 7.85. The molecule has 3 rings (SSSR count). The summed E-state index contributed by atoms with van der Waals surface area (Å²) in [7, 11) is -3.78. The maximum atomic E-state index is 12.8. The van der Waals surface area contributed by atoms with E-state index in [1.54, 1.807) is 13.0 Å². The number of hydrogen-bond donors (Lipinski definition) is 2. The Hall–Kier alpha value is -3.13. The molecule has 1 aromatic heterocycles. The fourth-order valence-corrected chi connectivity index (χ4v) is 3.93. The number of aryl methyl sites for hydroxylation is 3. The van der Waals surface area contributed by atoms with Gasteiger partial charge in [0.15, 0.2) is 5.82 Å². The SMILES string of the molecule is CCc1cccc(C)c1NS(=O)(=O)c1ccc(C(=O)Nc2cc(C)on2)cc1. The number of nitrogens with one attached hydrogen (secondary N) is 2. The summed E-state index contributed by atoms with van der Waals surface area (Å²) in [5.74, 6) is 0.468. The molecule has 1 heterocycles. The number of carbonyl (C=O) groups is 1. The minimum atomic E-state index is -3.78. The summed E-state index contributed by atoms with van der Waals surface area (Å²) in [5.41, 5.74) is 2.67. The number of benzene rings is 2. The van der Waals surface area contributed by atoms with Crippen molar-refractivity contribution in [3.05, 3.63) is 71.0 Å². The third-order valence-corrected chi connectivity index (χ3v) is 5.64. The summed E-state index contributed by atoms with van der Waals surface area (Å²) in [6.07, 6.45) is 0.708. The van der Waals surface area contributed by atoms with Crippen LogP contribution in [0.5, 0.6) is 0 Å². The summed E-state index contributed by atoms with van der Waals surface area (Å²) in [6.45, 7) is 5.54. The van der Waals surface area contributed by atoms with Crippen molar-refractivity contribution in [2.75, 3.05) is 10.0 Å². The summed E-state index contributed by atoms with van der Waals surface area (Å²) >= 11 is 0. The van der Waals surface area contributed by atoms with Crippen molar-refractivity contribution in [3.8, 4) is 0 Å². The third kappa shape index (κ3) is 4.23. The van der Waals surface area contributed by atoms with Crippen LogP contribution in [0, 0.1) is 13.8 Å². The van der Waals surface area contributed by atoms with E-state index in [1.807, 2.05) is 32.0 Å². The lowest BCUT2D eigenvalue weighted by Crippen LogP contribution is -2.16. The average molecular weight is 399 g/mol. The Morgan fingerprint density at radius 1 is 1.11 bits per heavy atom. The zero-order valence-electron chi connectivity index (χ0n) is 15.8. The van der Waals surface area contributed by atoms with Crippen LogP contribution in [0.15, 0.2) is 57.9 Å². The average Bonchev–Trinajstić information content (AvgIpc) is 3.08. The van der Waals surface area contributed by atoms with E-state index in [2.05, 4.69) is 15.2 Å². The van der Waals surface area contributed by atoms with E-state index in [4.69, 9.17) is 4.52 Å². The van der Waals surface area contributed by atoms with Gasteiger partial charge in [0.1, 0.15) is 5.76 Å². The molecule has 0 aliphatic carbocycles. The van der Waals surface area contributed by atoms with Gasteiger partial charge in [0, 0.05) is 11.6 Å². The monoisotopic (exact) mass is 399 g/mol. The predicted octanol–water partition coefficient (Wildman–Crippen LogP) is 3.91. The molecule has 0 radical (unpaired) electrons. The van der Waals surface area contributed by atoms with Crippen molar-refractivity contribution in [1.29, 1.82) is 0 Å². The molecule has 2 N–H and O–H groups in total. The van der Waals surface area contributed by atoms with E-state index in [0.717, 1.165) is 11.1 Å². The van der Waals surface area contributed by atoms with Gasteiger partial charge in [-0.05, 0) is 55.7 Å². The Morgan fingerprint density at radius 3 is 2.43 bits per heavy atom. The van der Waals surface area contributed by atoms with Gasteiger partial charge in [-0.25, -0.2) is 8.42 Å². The second-order valence-electron chi connectivity index (χ2n) is 6.37. The summed E-state index contributed by atoms with van der Waals surface area (Å²) in [5, 5.41) is 6.29. The molecular weight excluding hydrogens is 378 g/mol. The first-order valence-electron chi connectivity index (χ1n) is 8.76. The molecule has 3 aromatic rings. The Kier molecular flexibility index (Phi) is 5.51. The first kappa shape index (κ1) is 19.6. The lowest BCUT2D eigenvalue weighted by molar-refractivity contribution is 0.102. The molecule has 0 atom stereocenters. The quantitative estimate of drug-likeness (QED) is 0.654. The molecule has 0 aliphatic rings. The molecule has 2 aromatic carbocycles. The van der Waals surface area contributed by atoms with Gasteiger partial charge in [0.05, 0.1) is 10.6 Å². The number of rotatable bonds is 6. The Bertz CT molecular complexity index is 1100. The Labute approximate surface area is 163 Å². The van der Waals surface area contributed by atoms with Gasteiger partial charge >= 0.3 is 0 Å². The highest BCUT2D eigenvalue weighted by atomic mass is 32.2. The van der Waals surface area contributed by atoms with Crippen molar-refractivity contribution in [2.24, 2.45) is 0 Å². The van der Waals surface area contributed by atoms with Crippen molar-refractivity contribution in [2.45, 2.75) is 32.1 Å². The van der Waals surface area contributed by atoms with Crippen LogP contribution < -0.4 is 10.0 Å². The van der Waals surface area contributed by atoms with Crippen LogP contribution in [-0.4, -0.2) is 19.5 Å². The van der Waals surface area contributed by atoms with Crippen molar-refractivity contribution < 1.29 is 17.7 Å². The summed E-state index contributed by atoms with van der Waals surface area (Å²) < 4.78 is 33.1. The molecule has 8 heteroatoms. The van der Waals surface area contributed by atoms with E-state index >= 15 is 0 Å². The number of sulfonamides is 1. The number of para-hydroxylation sites is 1. The van der Waals surface area contributed by atoms with Crippen LogP contribution in [0.4, 0.5) is 11.5 Å². The summed E-state index contributed by atoms with van der Waals surface area (Å²) in [6, 6.07) is 12.9. The maximum absolute atomic E-state index is 12.8. The molecule has 1 amide bonds. The highest BCUT2D eigenvalue weighted by molar-refractivity contribution is 7.92. The molecule has 0 spiro atoms. The molecule has 0 saturated carbocycles. The molecular formula is C20H21N3O4S. The molecule has 0 aliphatic heterocycles. The minimum absolute atomic E-state index is 0.0756. The van der Waals surface area contributed by atoms with Crippen LogP contribution in [0.1, 0.15) is 34.2 Å². The third-order valence-electron chi connectivity index (χ3n) is 4.27. The van der Waals surface area contributed by atoms with Crippen molar-refractivity contribution in [3.63, 3.8) is 0 Å². The standard InChI is InChI=1S/C20H21N3O4S/c1-4-15-7-5-6-13(2)19(15)23-28(25,26)17-10-8-16(9-11-17)20(24)21-18-12-14(3)27-22-18/h5-12,23H,4H2,1-3H3,(H,21,22,24). The zero-order chi connectivity index (χ0) is 20.3. The van der Waals surface area contributed by atoms with Crippen LogP contribution in [0.2, 0.25) is 0 Å². The second-order valence-corrected chi connectivity index (χ2v) is 8.05. The van der Waals surface area contributed by atoms with E-state index in [-0.39, 0.29) is 4.90 Å². The lowest BCUT2D eigenvalue weighted by atomic mass is 10.1. The number of anilines is 2. The topological polar surface area (TPSA) is 101 Å². The normalized spacial score (nSPS) is 11.2. The number of hydrogen-bond acceptors (Lipinski definition) is 5. The van der Waals surface area contributed by atoms with Gasteiger partial charge < -0.3 is 9.84 Å². The molecule has 0 saturated heterocycles. The van der Waals surface area contributed by atoms with Gasteiger partial charge in [-0.2, -0.15) is 0 Å². The largest absolute Gasteiger partial charge is 0.360 e. The van der Waals surface area contributed by atoms with Gasteiger partial charge in [-0.3, -0.25) is 9.52 Å². The highest BCUT2D eigenvalue weighted by Gasteiger charge is 2.18. The van der Waals surface area contributed by atoms with Crippen molar-refractivity contribution in [1.82, 2.24) is 5.16 Å². The highest BCUT2D eigenvalue weighted by Crippen LogP contribution is 2.25. The van der Waals surface area contributed by atoms with E-state index < -0.39 is 15.9 Å². The number of amides is 1. The van der Waals surface area contributed by atoms with Gasteiger partial charge in [-0.15, -0.1) is 0 Å². The Balaban J connectivity index is 1.79. The molecule has 28 heavy (non-hydrogen) atoms. The van der Waals surface area contributed by atoms with E-state index in [9.17, 15) is 13.2 Å². The van der Waals surface area contributed by atoms with E-state index in [1.165, 1.54) is 24.3 Å².